The first-order valence-corrected chi connectivity index (χ1v) is 7.85. The molecule has 0 heterocycles. The van der Waals surface area contributed by atoms with Crippen molar-refractivity contribution in [3.63, 3.8) is 0 Å². The van der Waals surface area contributed by atoms with Crippen molar-refractivity contribution in [2.45, 2.75) is 39.0 Å². The Kier molecular flexibility index (Phi) is 5.58. The summed E-state index contributed by atoms with van der Waals surface area (Å²) in [4.78, 5) is 22.3. The number of sulfonamides is 1. The van der Waals surface area contributed by atoms with Crippen LogP contribution in [-0.4, -0.2) is 32.5 Å². The lowest BCUT2D eigenvalue weighted by Crippen LogP contribution is -2.38. The van der Waals surface area contributed by atoms with Crippen molar-refractivity contribution in [3.8, 4) is 0 Å². The van der Waals surface area contributed by atoms with Gasteiger partial charge in [-0.1, -0.05) is 19.3 Å². The van der Waals surface area contributed by atoms with Crippen LogP contribution in [0.3, 0.4) is 0 Å². The first-order chi connectivity index (χ1) is 8.41. The fourth-order valence-corrected chi connectivity index (χ4v) is 3.00. The molecule has 0 bridgehead atoms. The first kappa shape index (κ1) is 14.9. The Morgan fingerprint density at radius 2 is 1.78 bits per heavy atom. The molecule has 0 saturated heterocycles. The topological polar surface area (TPSA) is 92.3 Å². The number of carbonyl (C=O) groups is 2. The second kappa shape index (κ2) is 6.72. The second-order valence-corrected chi connectivity index (χ2v) is 6.44. The zero-order valence-corrected chi connectivity index (χ0v) is 11.4. The van der Waals surface area contributed by atoms with Crippen LogP contribution in [0.25, 0.3) is 0 Å². The van der Waals surface area contributed by atoms with Crippen molar-refractivity contribution in [2.75, 3.05) is 12.3 Å². The number of carbonyl (C=O) groups excluding carboxylic acids is 2. The summed E-state index contributed by atoms with van der Waals surface area (Å²) in [5.41, 5.74) is 0. The van der Waals surface area contributed by atoms with E-state index in [0.717, 1.165) is 32.6 Å². The fraction of sp³-hybridized carbons (Fsp3) is 0.818. The number of amides is 2. The third kappa shape index (κ3) is 5.48. The van der Waals surface area contributed by atoms with E-state index in [1.165, 1.54) is 6.42 Å². The summed E-state index contributed by atoms with van der Waals surface area (Å²) >= 11 is 0. The van der Waals surface area contributed by atoms with Crippen LogP contribution in [0.15, 0.2) is 0 Å². The maximum absolute atomic E-state index is 11.7. The summed E-state index contributed by atoms with van der Waals surface area (Å²) in [6.45, 7) is 1.18. The number of nitrogens with one attached hydrogen (secondary N) is 2. The number of hydrogen-bond donors (Lipinski definition) is 2. The van der Waals surface area contributed by atoms with Crippen LogP contribution in [0.4, 0.5) is 0 Å². The Morgan fingerprint density at radius 1 is 1.17 bits per heavy atom. The van der Waals surface area contributed by atoms with Gasteiger partial charge >= 0.3 is 0 Å². The SMILES string of the molecule is CC(=O)NS(=O)(=O)CCNC(=O)C1CCCCC1. The van der Waals surface area contributed by atoms with Crippen LogP contribution in [0.1, 0.15) is 39.0 Å². The molecule has 6 nitrogen and oxygen atoms in total. The predicted molar refractivity (Wildman–Crippen MR) is 67.2 cm³/mol. The third-order valence-electron chi connectivity index (χ3n) is 2.95. The molecular weight excluding hydrogens is 256 g/mol. The van der Waals surface area contributed by atoms with Gasteiger partial charge < -0.3 is 5.32 Å². The van der Waals surface area contributed by atoms with Crippen molar-refractivity contribution in [2.24, 2.45) is 5.92 Å². The zero-order chi connectivity index (χ0) is 13.6. The first-order valence-electron chi connectivity index (χ1n) is 6.19. The molecule has 0 atom stereocenters. The van der Waals surface area contributed by atoms with E-state index in [2.05, 4.69) is 5.32 Å². The van der Waals surface area contributed by atoms with Gasteiger partial charge in [-0.05, 0) is 12.8 Å². The molecule has 1 aliphatic rings. The van der Waals surface area contributed by atoms with Gasteiger partial charge in [0.25, 0.3) is 0 Å². The van der Waals surface area contributed by atoms with Crippen LogP contribution in [0, 0.1) is 5.92 Å². The zero-order valence-electron chi connectivity index (χ0n) is 10.6. The predicted octanol–water partition coefficient (Wildman–Crippen LogP) is 0.149. The molecular formula is C11H20N2O4S. The lowest BCUT2D eigenvalue weighted by Gasteiger charge is -2.20. The van der Waals surface area contributed by atoms with Crippen molar-refractivity contribution in [1.82, 2.24) is 10.0 Å². The molecule has 1 rings (SSSR count). The summed E-state index contributed by atoms with van der Waals surface area (Å²) in [6.07, 6.45) is 5.04. The monoisotopic (exact) mass is 276 g/mol. The third-order valence-corrected chi connectivity index (χ3v) is 4.29. The van der Waals surface area contributed by atoms with Crippen LogP contribution in [0.2, 0.25) is 0 Å². The Balaban J connectivity index is 2.28. The fourth-order valence-electron chi connectivity index (χ4n) is 2.09. The molecule has 0 radical (unpaired) electrons. The van der Waals surface area contributed by atoms with Crippen molar-refractivity contribution in [3.05, 3.63) is 0 Å². The highest BCUT2D eigenvalue weighted by Crippen LogP contribution is 2.23. The van der Waals surface area contributed by atoms with Gasteiger partial charge in [-0.25, -0.2) is 8.42 Å². The summed E-state index contributed by atoms with van der Waals surface area (Å²) in [5.74, 6) is -0.950. The molecule has 1 fully saturated rings. The normalized spacial score (nSPS) is 17.2. The van der Waals surface area contributed by atoms with E-state index in [4.69, 9.17) is 0 Å². The maximum Gasteiger partial charge on any atom is 0.236 e. The molecule has 2 amide bonds. The second-order valence-electron chi connectivity index (χ2n) is 4.60. The van der Waals surface area contributed by atoms with Crippen molar-refractivity contribution >= 4 is 21.8 Å². The van der Waals surface area contributed by atoms with Crippen LogP contribution >= 0.6 is 0 Å². The molecule has 7 heteroatoms. The minimum Gasteiger partial charge on any atom is -0.355 e. The standard InChI is InChI=1S/C11H20N2O4S/c1-9(14)13-18(16,17)8-7-12-11(15)10-5-3-2-4-6-10/h10H,2-8H2,1H3,(H,12,15)(H,13,14). The van der Waals surface area contributed by atoms with Gasteiger partial charge in [-0.3, -0.25) is 14.3 Å². The van der Waals surface area contributed by atoms with Gasteiger partial charge in [-0.15, -0.1) is 0 Å². The Hall–Kier alpha value is -1.11. The highest BCUT2D eigenvalue weighted by Gasteiger charge is 2.21. The molecule has 0 unspecified atom stereocenters. The van der Waals surface area contributed by atoms with E-state index < -0.39 is 15.9 Å². The van der Waals surface area contributed by atoms with E-state index in [1.807, 2.05) is 4.72 Å². The lowest BCUT2D eigenvalue weighted by atomic mass is 9.89. The largest absolute Gasteiger partial charge is 0.355 e. The average Bonchev–Trinajstić information content (AvgIpc) is 2.28. The van der Waals surface area contributed by atoms with Crippen molar-refractivity contribution in [1.29, 1.82) is 0 Å². The molecule has 0 aromatic carbocycles. The van der Waals surface area contributed by atoms with E-state index in [0.29, 0.717) is 0 Å². The van der Waals surface area contributed by atoms with Crippen LogP contribution in [-0.2, 0) is 19.6 Å². The smallest absolute Gasteiger partial charge is 0.236 e. The van der Waals surface area contributed by atoms with E-state index in [1.54, 1.807) is 0 Å². The van der Waals surface area contributed by atoms with Gasteiger partial charge in [0.2, 0.25) is 21.8 Å². The number of hydrogen-bond acceptors (Lipinski definition) is 4. The van der Waals surface area contributed by atoms with Gasteiger partial charge in [0.05, 0.1) is 5.75 Å². The summed E-state index contributed by atoms with van der Waals surface area (Å²) in [5, 5.41) is 2.61. The molecule has 104 valence electrons. The summed E-state index contributed by atoms with van der Waals surface area (Å²) < 4.78 is 24.5. The summed E-state index contributed by atoms with van der Waals surface area (Å²) in [6, 6.07) is 0. The highest BCUT2D eigenvalue weighted by atomic mass is 32.2. The minimum atomic E-state index is -3.62. The van der Waals surface area contributed by atoms with Crippen LogP contribution < -0.4 is 10.0 Å². The molecule has 0 aromatic rings. The van der Waals surface area contributed by atoms with E-state index >= 15 is 0 Å². The van der Waals surface area contributed by atoms with Gasteiger partial charge in [0.1, 0.15) is 0 Å². The van der Waals surface area contributed by atoms with Gasteiger partial charge in [0, 0.05) is 19.4 Å². The Bertz CT molecular complexity index is 399. The molecule has 1 aliphatic carbocycles. The lowest BCUT2D eigenvalue weighted by molar-refractivity contribution is -0.125. The summed E-state index contributed by atoms with van der Waals surface area (Å²) in [7, 11) is -3.62. The molecule has 1 saturated carbocycles. The van der Waals surface area contributed by atoms with Crippen LogP contribution in [0.5, 0.6) is 0 Å². The van der Waals surface area contributed by atoms with Gasteiger partial charge in [0.15, 0.2) is 0 Å². The van der Waals surface area contributed by atoms with E-state index in [9.17, 15) is 18.0 Å². The molecule has 0 aromatic heterocycles. The quantitative estimate of drug-likeness (QED) is 0.747. The molecule has 2 N–H and O–H groups in total. The average molecular weight is 276 g/mol. The van der Waals surface area contributed by atoms with Gasteiger partial charge in [-0.2, -0.15) is 0 Å². The molecule has 0 spiro atoms. The maximum atomic E-state index is 11.7. The van der Waals surface area contributed by atoms with E-state index in [-0.39, 0.29) is 24.1 Å². The number of rotatable bonds is 5. The molecule has 0 aliphatic heterocycles. The molecule has 18 heavy (non-hydrogen) atoms. The highest BCUT2D eigenvalue weighted by molar-refractivity contribution is 7.90. The minimum absolute atomic E-state index is 0.0159. The van der Waals surface area contributed by atoms with Crippen molar-refractivity contribution < 1.29 is 18.0 Å². The Labute approximate surface area is 108 Å². The Morgan fingerprint density at radius 3 is 2.33 bits per heavy atom.